The summed E-state index contributed by atoms with van der Waals surface area (Å²) in [5, 5.41) is 7.42. The molecule has 0 unspecified atom stereocenters. The Bertz CT molecular complexity index is 1150. The molecule has 7 nitrogen and oxygen atoms in total. The van der Waals surface area contributed by atoms with Crippen LogP contribution < -0.4 is 16.4 Å². The molecule has 0 aliphatic carbocycles. The molecule has 2 aromatic carbocycles. The maximum absolute atomic E-state index is 12.1. The molecule has 0 fully saturated rings. The first-order chi connectivity index (χ1) is 13.0. The van der Waals surface area contributed by atoms with Gasteiger partial charge < -0.3 is 20.9 Å². The number of nitrogens with zero attached hydrogens (tertiary/aromatic N) is 3. The lowest BCUT2D eigenvalue weighted by Gasteiger charge is -2.04. The molecule has 4 N–H and O–H groups in total. The van der Waals surface area contributed by atoms with Gasteiger partial charge >= 0.3 is 0 Å². The van der Waals surface area contributed by atoms with Crippen LogP contribution in [-0.2, 0) is 7.05 Å². The molecule has 9 heteroatoms. The summed E-state index contributed by atoms with van der Waals surface area (Å²) < 4.78 is 2.93. The second-order valence-electron chi connectivity index (χ2n) is 6.00. The molecule has 0 aliphatic rings. The molecule has 138 valence electrons. The smallest absolute Gasteiger partial charge is 0.251 e. The highest BCUT2D eigenvalue weighted by Gasteiger charge is 2.13. The summed E-state index contributed by atoms with van der Waals surface area (Å²) in [7, 11) is 1.91. The maximum atomic E-state index is 12.1. The fourth-order valence-corrected chi connectivity index (χ4v) is 3.92. The standard InChI is InChI=1S/C18H17ClN6OS/c1-25-14-5-2-10(16(26)21-7-6-20)8-13(14)22-17(25)24-18-23-12-4-3-11(19)9-15(12)27-18/h2-5,8-9H,6-7,20H2,1H3,(H,21,26)(H,22,23,24). The van der Waals surface area contributed by atoms with Crippen molar-refractivity contribution in [1.82, 2.24) is 19.9 Å². The van der Waals surface area contributed by atoms with E-state index in [2.05, 4.69) is 20.6 Å². The summed E-state index contributed by atoms with van der Waals surface area (Å²) in [4.78, 5) is 21.3. The zero-order valence-corrected chi connectivity index (χ0v) is 16.1. The number of amides is 1. The molecule has 0 atom stereocenters. The van der Waals surface area contributed by atoms with Crippen LogP contribution in [0, 0.1) is 0 Å². The minimum absolute atomic E-state index is 0.162. The van der Waals surface area contributed by atoms with Crippen LogP contribution in [0.3, 0.4) is 0 Å². The van der Waals surface area contributed by atoms with E-state index in [0.717, 1.165) is 26.4 Å². The van der Waals surface area contributed by atoms with E-state index in [9.17, 15) is 4.79 Å². The summed E-state index contributed by atoms with van der Waals surface area (Å²) in [6, 6.07) is 11.0. The summed E-state index contributed by atoms with van der Waals surface area (Å²) in [6.45, 7) is 0.840. The van der Waals surface area contributed by atoms with Gasteiger partial charge in [-0.1, -0.05) is 22.9 Å². The molecule has 0 saturated carbocycles. The van der Waals surface area contributed by atoms with Crippen molar-refractivity contribution < 1.29 is 4.79 Å². The number of fused-ring (bicyclic) bond motifs is 2. The zero-order valence-electron chi connectivity index (χ0n) is 14.5. The quantitative estimate of drug-likeness (QED) is 0.477. The molecule has 4 rings (SSSR count). The molecule has 0 bridgehead atoms. The number of carbonyl (C=O) groups is 1. The van der Waals surface area contributed by atoms with Crippen LogP contribution in [0.5, 0.6) is 0 Å². The van der Waals surface area contributed by atoms with Gasteiger partial charge in [-0.25, -0.2) is 9.97 Å². The summed E-state index contributed by atoms with van der Waals surface area (Å²) in [5.74, 6) is 0.486. The molecule has 4 aromatic rings. The first kappa shape index (κ1) is 17.7. The van der Waals surface area contributed by atoms with E-state index in [1.54, 1.807) is 12.1 Å². The zero-order chi connectivity index (χ0) is 19.0. The highest BCUT2D eigenvalue weighted by Crippen LogP contribution is 2.30. The van der Waals surface area contributed by atoms with Crippen LogP contribution in [0.4, 0.5) is 11.1 Å². The highest BCUT2D eigenvalue weighted by atomic mass is 35.5. The van der Waals surface area contributed by atoms with Crippen LogP contribution in [0.15, 0.2) is 36.4 Å². The van der Waals surface area contributed by atoms with Crippen molar-refractivity contribution in [2.75, 3.05) is 18.4 Å². The average molecular weight is 401 g/mol. The number of anilines is 2. The van der Waals surface area contributed by atoms with Gasteiger partial charge in [-0.15, -0.1) is 0 Å². The summed E-state index contributed by atoms with van der Waals surface area (Å²) >= 11 is 7.55. The number of thiazole rings is 1. The van der Waals surface area contributed by atoms with E-state index in [4.69, 9.17) is 17.3 Å². The molecule has 27 heavy (non-hydrogen) atoms. The van der Waals surface area contributed by atoms with Crippen LogP contribution in [0.2, 0.25) is 5.02 Å². The monoisotopic (exact) mass is 400 g/mol. The Kier molecular flexibility index (Phi) is 4.69. The van der Waals surface area contributed by atoms with Crippen LogP contribution in [-0.4, -0.2) is 33.5 Å². The average Bonchev–Trinajstić information content (AvgIpc) is 3.19. The Morgan fingerprint density at radius 3 is 2.89 bits per heavy atom. The van der Waals surface area contributed by atoms with Gasteiger partial charge in [0.2, 0.25) is 5.95 Å². The van der Waals surface area contributed by atoms with E-state index in [1.165, 1.54) is 11.3 Å². The minimum Gasteiger partial charge on any atom is -0.351 e. The van der Waals surface area contributed by atoms with Gasteiger partial charge in [0.1, 0.15) is 0 Å². The molecule has 0 aliphatic heterocycles. The number of rotatable bonds is 5. The number of nitrogens with two attached hydrogens (primary N) is 1. The lowest BCUT2D eigenvalue weighted by Crippen LogP contribution is -2.28. The van der Waals surface area contributed by atoms with E-state index in [0.29, 0.717) is 29.6 Å². The van der Waals surface area contributed by atoms with Crippen LogP contribution in [0.25, 0.3) is 21.3 Å². The normalized spacial score (nSPS) is 11.2. The van der Waals surface area contributed by atoms with E-state index in [1.807, 2.05) is 35.9 Å². The van der Waals surface area contributed by atoms with E-state index < -0.39 is 0 Å². The number of carbonyl (C=O) groups excluding carboxylic acids is 1. The third-order valence-corrected chi connectivity index (χ3v) is 5.31. The van der Waals surface area contributed by atoms with Gasteiger partial charge in [-0.2, -0.15) is 0 Å². The number of aromatic nitrogens is 3. The molecule has 2 aromatic heterocycles. The second-order valence-corrected chi connectivity index (χ2v) is 7.47. The largest absolute Gasteiger partial charge is 0.351 e. The predicted molar refractivity (Wildman–Crippen MR) is 110 cm³/mol. The first-order valence-electron chi connectivity index (χ1n) is 8.33. The Balaban J connectivity index is 1.64. The third kappa shape index (κ3) is 3.46. The fraction of sp³-hybridized carbons (Fsp3) is 0.167. The van der Waals surface area contributed by atoms with Gasteiger partial charge in [0.05, 0.1) is 21.3 Å². The van der Waals surface area contributed by atoms with E-state index in [-0.39, 0.29) is 5.91 Å². The first-order valence-corrected chi connectivity index (χ1v) is 9.52. The molecular formula is C18H17ClN6OS. The number of aryl methyl sites for hydroxylation is 1. The van der Waals surface area contributed by atoms with Crippen molar-refractivity contribution in [2.45, 2.75) is 0 Å². The lowest BCUT2D eigenvalue weighted by molar-refractivity contribution is 0.0955. The summed E-state index contributed by atoms with van der Waals surface area (Å²) in [5.41, 5.74) is 8.50. The molecule has 1 amide bonds. The van der Waals surface area contributed by atoms with Crippen molar-refractivity contribution >= 4 is 61.2 Å². The Hall–Kier alpha value is -2.68. The van der Waals surface area contributed by atoms with Gasteiger partial charge in [0.15, 0.2) is 5.13 Å². The molecule has 0 saturated heterocycles. The number of hydrogen-bond acceptors (Lipinski definition) is 6. The van der Waals surface area contributed by atoms with Gasteiger partial charge in [0.25, 0.3) is 5.91 Å². The second kappa shape index (κ2) is 7.15. The van der Waals surface area contributed by atoms with Crippen LogP contribution >= 0.6 is 22.9 Å². The Morgan fingerprint density at radius 1 is 1.22 bits per heavy atom. The van der Waals surface area contributed by atoms with Gasteiger partial charge in [-0.3, -0.25) is 4.79 Å². The number of halogens is 1. The van der Waals surface area contributed by atoms with Crippen molar-refractivity contribution in [3.8, 4) is 0 Å². The molecule has 2 heterocycles. The van der Waals surface area contributed by atoms with E-state index >= 15 is 0 Å². The maximum Gasteiger partial charge on any atom is 0.251 e. The van der Waals surface area contributed by atoms with Gasteiger partial charge in [-0.05, 0) is 36.4 Å². The van der Waals surface area contributed by atoms with Crippen molar-refractivity contribution in [3.63, 3.8) is 0 Å². The Morgan fingerprint density at radius 2 is 2.07 bits per heavy atom. The number of nitrogens with one attached hydrogen (secondary N) is 2. The fourth-order valence-electron chi connectivity index (χ4n) is 2.79. The third-order valence-electron chi connectivity index (χ3n) is 4.14. The predicted octanol–water partition coefficient (Wildman–Crippen LogP) is 3.27. The van der Waals surface area contributed by atoms with Crippen molar-refractivity contribution in [3.05, 3.63) is 47.0 Å². The molecular weight excluding hydrogens is 384 g/mol. The molecule has 0 radical (unpaired) electrons. The molecule has 0 spiro atoms. The Labute approximate surface area is 164 Å². The lowest BCUT2D eigenvalue weighted by atomic mass is 10.2. The highest BCUT2D eigenvalue weighted by molar-refractivity contribution is 7.22. The SMILES string of the molecule is Cn1c(Nc2nc3ccc(Cl)cc3s2)nc2cc(C(=O)NCCN)ccc21. The summed E-state index contributed by atoms with van der Waals surface area (Å²) in [6.07, 6.45) is 0. The van der Waals surface area contributed by atoms with Gasteiger partial charge in [0, 0.05) is 30.7 Å². The minimum atomic E-state index is -0.162. The van der Waals surface area contributed by atoms with Crippen molar-refractivity contribution in [1.29, 1.82) is 0 Å². The van der Waals surface area contributed by atoms with Crippen LogP contribution in [0.1, 0.15) is 10.4 Å². The number of imidazole rings is 1. The van der Waals surface area contributed by atoms with Crippen molar-refractivity contribution in [2.24, 2.45) is 12.8 Å². The number of benzene rings is 2. The topological polar surface area (TPSA) is 97.9 Å². The number of hydrogen-bond donors (Lipinski definition) is 3.